The van der Waals surface area contributed by atoms with Crippen LogP contribution in [0.25, 0.3) is 0 Å². The van der Waals surface area contributed by atoms with E-state index in [0.29, 0.717) is 12.5 Å². The summed E-state index contributed by atoms with van der Waals surface area (Å²) in [6, 6.07) is 6.12. The van der Waals surface area contributed by atoms with Crippen LogP contribution in [0.4, 0.5) is 5.69 Å². The maximum atomic E-state index is 9.20. The lowest BCUT2D eigenvalue weighted by atomic mass is 9.98. The molecule has 1 heterocycles. The molecule has 1 unspecified atom stereocenters. The summed E-state index contributed by atoms with van der Waals surface area (Å²) in [6.45, 7) is 3.34. The van der Waals surface area contributed by atoms with E-state index in [9.17, 15) is 5.11 Å². The first-order valence-corrected chi connectivity index (χ1v) is 6.85. The summed E-state index contributed by atoms with van der Waals surface area (Å²) < 4.78 is 0.952. The van der Waals surface area contributed by atoms with E-state index in [4.69, 9.17) is 5.73 Å². The van der Waals surface area contributed by atoms with Crippen molar-refractivity contribution in [3.05, 3.63) is 28.2 Å². The van der Waals surface area contributed by atoms with Gasteiger partial charge in [0.1, 0.15) is 0 Å². The molecule has 3 N–H and O–H groups in total. The zero-order valence-electron chi connectivity index (χ0n) is 9.90. The molecule has 94 valence electrons. The van der Waals surface area contributed by atoms with E-state index < -0.39 is 0 Å². The predicted octanol–water partition coefficient (Wildman–Crippen LogP) is 2.24. The molecule has 1 fully saturated rings. The van der Waals surface area contributed by atoms with Gasteiger partial charge in [-0.1, -0.05) is 6.07 Å². The minimum absolute atomic E-state index is 0.305. The Labute approximate surface area is 111 Å². The van der Waals surface area contributed by atoms with Gasteiger partial charge in [-0.05, 0) is 58.9 Å². The van der Waals surface area contributed by atoms with Crippen LogP contribution in [0.3, 0.4) is 0 Å². The first-order chi connectivity index (χ1) is 8.19. The molecule has 3 nitrogen and oxygen atoms in total. The summed E-state index contributed by atoms with van der Waals surface area (Å²) in [5.41, 5.74) is 7.90. The third-order valence-corrected chi connectivity index (χ3v) is 4.05. The number of hydrogen-bond donors (Lipinski definition) is 2. The van der Waals surface area contributed by atoms with Crippen molar-refractivity contribution in [2.24, 2.45) is 5.92 Å². The highest BCUT2D eigenvalue weighted by molar-refractivity contribution is 9.10. The molecule has 0 saturated carbocycles. The Bertz CT molecular complexity index is 384. The van der Waals surface area contributed by atoms with Gasteiger partial charge in [0.2, 0.25) is 0 Å². The molecule has 1 aliphatic heterocycles. The summed E-state index contributed by atoms with van der Waals surface area (Å²) in [5.74, 6) is 0.441. The van der Waals surface area contributed by atoms with Crippen molar-refractivity contribution in [2.45, 2.75) is 19.4 Å². The molecule has 1 aromatic rings. The van der Waals surface area contributed by atoms with Crippen LogP contribution in [0.2, 0.25) is 0 Å². The number of anilines is 1. The molecule has 1 saturated heterocycles. The number of aliphatic hydroxyl groups excluding tert-OH is 1. The normalized spacial score (nSPS) is 21.6. The molecule has 0 radical (unpaired) electrons. The topological polar surface area (TPSA) is 49.5 Å². The second-order valence-corrected chi connectivity index (χ2v) is 5.64. The van der Waals surface area contributed by atoms with Gasteiger partial charge in [-0.3, -0.25) is 4.90 Å². The first-order valence-electron chi connectivity index (χ1n) is 6.06. The first kappa shape index (κ1) is 12.9. The van der Waals surface area contributed by atoms with Crippen LogP contribution in [0.15, 0.2) is 22.7 Å². The molecular weight excluding hydrogens is 280 g/mol. The number of piperidine rings is 1. The standard InChI is InChI=1S/C13H19BrN2O/c14-12-4-3-10(6-13(12)15)7-16-5-1-2-11(8-16)9-17/h3-4,6,11,17H,1-2,5,7-9,15H2. The van der Waals surface area contributed by atoms with Gasteiger partial charge >= 0.3 is 0 Å². The number of rotatable bonds is 3. The molecule has 2 rings (SSSR count). The van der Waals surface area contributed by atoms with Crippen molar-refractivity contribution in [2.75, 3.05) is 25.4 Å². The Morgan fingerprint density at radius 3 is 3.00 bits per heavy atom. The fourth-order valence-electron chi connectivity index (χ4n) is 2.39. The summed E-state index contributed by atoms with van der Waals surface area (Å²) in [4.78, 5) is 2.40. The molecule has 0 bridgehead atoms. The minimum atomic E-state index is 0.305. The summed E-state index contributed by atoms with van der Waals surface area (Å²) >= 11 is 3.40. The molecule has 1 aromatic carbocycles. The number of hydrogen-bond acceptors (Lipinski definition) is 3. The number of nitrogen functional groups attached to an aromatic ring is 1. The largest absolute Gasteiger partial charge is 0.398 e. The average molecular weight is 299 g/mol. The minimum Gasteiger partial charge on any atom is -0.398 e. The molecular formula is C13H19BrN2O. The number of likely N-dealkylation sites (tertiary alicyclic amines) is 1. The van der Waals surface area contributed by atoms with Gasteiger partial charge < -0.3 is 10.8 Å². The van der Waals surface area contributed by atoms with Crippen LogP contribution >= 0.6 is 15.9 Å². The second-order valence-electron chi connectivity index (χ2n) is 4.78. The Hall–Kier alpha value is -0.580. The fraction of sp³-hybridized carbons (Fsp3) is 0.538. The van der Waals surface area contributed by atoms with Gasteiger partial charge in [0.25, 0.3) is 0 Å². The highest BCUT2D eigenvalue weighted by Crippen LogP contribution is 2.23. The van der Waals surface area contributed by atoms with Crippen LogP contribution < -0.4 is 5.73 Å². The van der Waals surface area contributed by atoms with Crippen LogP contribution in [0.1, 0.15) is 18.4 Å². The van der Waals surface area contributed by atoms with Gasteiger partial charge in [0.05, 0.1) is 0 Å². The molecule has 0 amide bonds. The SMILES string of the molecule is Nc1cc(CN2CCCC(CO)C2)ccc1Br. The zero-order chi connectivity index (χ0) is 12.3. The Kier molecular flexibility index (Phi) is 4.42. The Morgan fingerprint density at radius 1 is 1.47 bits per heavy atom. The van der Waals surface area contributed by atoms with E-state index >= 15 is 0 Å². The second kappa shape index (κ2) is 5.85. The third kappa shape index (κ3) is 3.44. The highest BCUT2D eigenvalue weighted by Gasteiger charge is 2.19. The molecule has 0 spiro atoms. The van der Waals surface area contributed by atoms with Gasteiger partial charge in [0, 0.05) is 29.9 Å². The smallest absolute Gasteiger partial charge is 0.0471 e. The van der Waals surface area contributed by atoms with Crippen molar-refractivity contribution in [3.8, 4) is 0 Å². The van der Waals surface area contributed by atoms with Crippen molar-refractivity contribution < 1.29 is 5.11 Å². The van der Waals surface area contributed by atoms with Crippen LogP contribution in [0, 0.1) is 5.92 Å². The molecule has 1 aliphatic rings. The highest BCUT2D eigenvalue weighted by atomic mass is 79.9. The van der Waals surface area contributed by atoms with Gasteiger partial charge in [-0.15, -0.1) is 0 Å². The number of benzene rings is 1. The maximum Gasteiger partial charge on any atom is 0.0471 e. The number of halogens is 1. The van der Waals surface area contributed by atoms with E-state index in [1.54, 1.807) is 0 Å². The van der Waals surface area contributed by atoms with Crippen LogP contribution in [0.5, 0.6) is 0 Å². The van der Waals surface area contributed by atoms with E-state index in [1.807, 2.05) is 12.1 Å². The summed E-state index contributed by atoms with van der Waals surface area (Å²) in [5, 5.41) is 9.20. The number of nitrogens with two attached hydrogens (primary N) is 1. The van der Waals surface area contributed by atoms with Crippen LogP contribution in [-0.2, 0) is 6.54 Å². The van der Waals surface area contributed by atoms with E-state index in [1.165, 1.54) is 12.0 Å². The van der Waals surface area contributed by atoms with E-state index in [-0.39, 0.29) is 0 Å². The van der Waals surface area contributed by atoms with E-state index in [2.05, 4.69) is 26.9 Å². The van der Waals surface area contributed by atoms with Gasteiger partial charge in [-0.2, -0.15) is 0 Å². The van der Waals surface area contributed by atoms with Gasteiger partial charge in [-0.25, -0.2) is 0 Å². The van der Waals surface area contributed by atoms with Crippen molar-refractivity contribution in [1.82, 2.24) is 4.90 Å². The molecule has 1 atom stereocenters. The van der Waals surface area contributed by atoms with Crippen LogP contribution in [-0.4, -0.2) is 29.7 Å². The lowest BCUT2D eigenvalue weighted by molar-refractivity contribution is 0.116. The molecule has 0 aliphatic carbocycles. The number of aliphatic hydroxyl groups is 1. The maximum absolute atomic E-state index is 9.20. The van der Waals surface area contributed by atoms with Gasteiger partial charge in [0.15, 0.2) is 0 Å². The summed E-state index contributed by atoms with van der Waals surface area (Å²) in [7, 11) is 0. The number of nitrogens with zero attached hydrogens (tertiary/aromatic N) is 1. The van der Waals surface area contributed by atoms with Crippen molar-refractivity contribution in [1.29, 1.82) is 0 Å². The zero-order valence-corrected chi connectivity index (χ0v) is 11.5. The van der Waals surface area contributed by atoms with E-state index in [0.717, 1.165) is 36.2 Å². The quantitative estimate of drug-likeness (QED) is 0.842. The lowest BCUT2D eigenvalue weighted by Crippen LogP contribution is -2.36. The summed E-state index contributed by atoms with van der Waals surface area (Å²) in [6.07, 6.45) is 2.33. The lowest BCUT2D eigenvalue weighted by Gasteiger charge is -2.31. The Morgan fingerprint density at radius 2 is 2.29 bits per heavy atom. The monoisotopic (exact) mass is 298 g/mol. The average Bonchev–Trinajstić information content (AvgIpc) is 2.34. The molecule has 4 heteroatoms. The molecule has 17 heavy (non-hydrogen) atoms. The predicted molar refractivity (Wildman–Crippen MR) is 73.6 cm³/mol. The van der Waals surface area contributed by atoms with Crippen molar-refractivity contribution in [3.63, 3.8) is 0 Å². The Balaban J connectivity index is 1.97. The third-order valence-electron chi connectivity index (χ3n) is 3.33. The molecule has 0 aromatic heterocycles. The van der Waals surface area contributed by atoms with Crippen molar-refractivity contribution >= 4 is 21.6 Å². The fourth-order valence-corrected chi connectivity index (χ4v) is 2.64.